The molecule has 0 aliphatic rings. The highest BCUT2D eigenvalue weighted by Crippen LogP contribution is 2.29. The highest BCUT2D eigenvalue weighted by atomic mass is 35.5. The van der Waals surface area contributed by atoms with Gasteiger partial charge in [-0.25, -0.2) is 0 Å². The maximum atomic E-state index is 9.13. The third-order valence-electron chi connectivity index (χ3n) is 2.36. The van der Waals surface area contributed by atoms with Crippen LogP contribution in [0.15, 0.2) is 18.2 Å². The molecule has 4 heteroatoms. The number of halogens is 2. The van der Waals surface area contributed by atoms with Gasteiger partial charge in [0.1, 0.15) is 0 Å². The van der Waals surface area contributed by atoms with Crippen LogP contribution in [0.1, 0.15) is 17.9 Å². The summed E-state index contributed by atoms with van der Waals surface area (Å²) in [5.74, 6) is -0.174. The van der Waals surface area contributed by atoms with Gasteiger partial charge in [0.25, 0.3) is 0 Å². The Morgan fingerprint density at radius 2 is 2.06 bits per heavy atom. The lowest BCUT2D eigenvalue weighted by molar-refractivity contribution is 0.393. The standard InChI is InChI=1S/C12H14Cl2N2/c1-16(2)6-5-9(8-15)11-4-3-10(13)7-12(11)14/h3-4,7,9H,5-6H2,1-2H3. The maximum absolute atomic E-state index is 9.13. The maximum Gasteiger partial charge on any atom is 0.0739 e. The summed E-state index contributed by atoms with van der Waals surface area (Å²) >= 11 is 11.9. The largest absolute Gasteiger partial charge is 0.309 e. The van der Waals surface area contributed by atoms with Gasteiger partial charge in [0.15, 0.2) is 0 Å². The fourth-order valence-electron chi connectivity index (χ4n) is 1.46. The van der Waals surface area contributed by atoms with Crippen LogP contribution in [0, 0.1) is 11.3 Å². The van der Waals surface area contributed by atoms with Crippen molar-refractivity contribution in [2.24, 2.45) is 0 Å². The Hall–Kier alpha value is -0.750. The smallest absolute Gasteiger partial charge is 0.0739 e. The summed E-state index contributed by atoms with van der Waals surface area (Å²) in [6.45, 7) is 0.858. The van der Waals surface area contributed by atoms with E-state index in [1.165, 1.54) is 0 Å². The van der Waals surface area contributed by atoms with Gasteiger partial charge in [-0.15, -0.1) is 0 Å². The van der Waals surface area contributed by atoms with Crippen molar-refractivity contribution in [3.63, 3.8) is 0 Å². The normalized spacial score (nSPS) is 12.5. The highest BCUT2D eigenvalue weighted by molar-refractivity contribution is 6.35. The number of nitriles is 1. The molecule has 1 unspecified atom stereocenters. The highest BCUT2D eigenvalue weighted by Gasteiger charge is 2.14. The quantitative estimate of drug-likeness (QED) is 0.824. The first-order valence-electron chi connectivity index (χ1n) is 5.04. The van der Waals surface area contributed by atoms with Crippen LogP contribution >= 0.6 is 23.2 Å². The van der Waals surface area contributed by atoms with Gasteiger partial charge in [0, 0.05) is 10.0 Å². The lowest BCUT2D eigenvalue weighted by Crippen LogP contribution is -2.15. The molecule has 1 aromatic carbocycles. The number of benzene rings is 1. The third-order valence-corrected chi connectivity index (χ3v) is 2.92. The summed E-state index contributed by atoms with van der Waals surface area (Å²) in [5, 5.41) is 10.3. The summed E-state index contributed by atoms with van der Waals surface area (Å²) in [6.07, 6.45) is 0.769. The van der Waals surface area contributed by atoms with Gasteiger partial charge in [-0.2, -0.15) is 5.26 Å². The van der Waals surface area contributed by atoms with Crippen molar-refractivity contribution in [2.45, 2.75) is 12.3 Å². The first-order chi connectivity index (χ1) is 7.54. The van der Waals surface area contributed by atoms with Crippen molar-refractivity contribution < 1.29 is 0 Å². The Kier molecular flexibility index (Phi) is 5.08. The van der Waals surface area contributed by atoms with Crippen LogP contribution < -0.4 is 0 Å². The summed E-state index contributed by atoms with van der Waals surface area (Å²) in [5.41, 5.74) is 0.857. The molecular formula is C12H14Cl2N2. The Balaban J connectivity index is 2.84. The number of hydrogen-bond donors (Lipinski definition) is 0. The minimum atomic E-state index is -0.174. The molecule has 0 spiro atoms. The van der Waals surface area contributed by atoms with Crippen molar-refractivity contribution in [3.8, 4) is 6.07 Å². The summed E-state index contributed by atoms with van der Waals surface area (Å²) in [4.78, 5) is 2.05. The van der Waals surface area contributed by atoms with E-state index >= 15 is 0 Å². The monoisotopic (exact) mass is 256 g/mol. The zero-order chi connectivity index (χ0) is 12.1. The minimum absolute atomic E-state index is 0.174. The molecule has 0 heterocycles. The lowest BCUT2D eigenvalue weighted by atomic mass is 9.97. The fourth-order valence-corrected chi connectivity index (χ4v) is 2.00. The molecule has 1 atom stereocenters. The van der Waals surface area contributed by atoms with Crippen LogP contribution in [0.2, 0.25) is 10.0 Å². The van der Waals surface area contributed by atoms with E-state index in [0.29, 0.717) is 10.0 Å². The molecule has 0 amide bonds. The number of nitrogens with zero attached hydrogens (tertiary/aromatic N) is 2. The molecule has 1 aromatic rings. The van der Waals surface area contributed by atoms with Gasteiger partial charge in [0.2, 0.25) is 0 Å². The summed E-state index contributed by atoms with van der Waals surface area (Å²) < 4.78 is 0. The molecule has 0 aliphatic carbocycles. The van der Waals surface area contributed by atoms with Gasteiger partial charge in [0.05, 0.1) is 12.0 Å². The van der Waals surface area contributed by atoms with Crippen LogP contribution in [-0.4, -0.2) is 25.5 Å². The second-order valence-electron chi connectivity index (χ2n) is 3.94. The van der Waals surface area contributed by atoms with Crippen molar-refractivity contribution in [1.29, 1.82) is 5.26 Å². The Bertz CT molecular complexity index is 396. The zero-order valence-electron chi connectivity index (χ0n) is 9.37. The van der Waals surface area contributed by atoms with Gasteiger partial charge in [-0.3, -0.25) is 0 Å². The van der Waals surface area contributed by atoms with E-state index in [9.17, 15) is 0 Å². The first-order valence-corrected chi connectivity index (χ1v) is 5.79. The lowest BCUT2D eigenvalue weighted by Gasteiger charge is -2.14. The number of rotatable bonds is 4. The zero-order valence-corrected chi connectivity index (χ0v) is 10.9. The van der Waals surface area contributed by atoms with Crippen molar-refractivity contribution in [1.82, 2.24) is 4.90 Å². The predicted octanol–water partition coefficient (Wildman–Crippen LogP) is 3.55. The van der Waals surface area contributed by atoms with Crippen LogP contribution in [0.5, 0.6) is 0 Å². The van der Waals surface area contributed by atoms with Crippen molar-refractivity contribution in [3.05, 3.63) is 33.8 Å². The second-order valence-corrected chi connectivity index (χ2v) is 4.78. The molecule has 0 bridgehead atoms. The first kappa shape index (κ1) is 13.3. The molecule has 2 nitrogen and oxygen atoms in total. The third kappa shape index (κ3) is 3.68. The SMILES string of the molecule is CN(C)CCC(C#N)c1ccc(Cl)cc1Cl. The van der Waals surface area contributed by atoms with Gasteiger partial charge < -0.3 is 4.90 Å². The van der Waals surface area contributed by atoms with Crippen LogP contribution in [0.4, 0.5) is 0 Å². The van der Waals surface area contributed by atoms with E-state index in [1.807, 2.05) is 25.1 Å². The van der Waals surface area contributed by atoms with E-state index in [2.05, 4.69) is 6.07 Å². The number of hydrogen-bond acceptors (Lipinski definition) is 2. The summed E-state index contributed by atoms with van der Waals surface area (Å²) in [7, 11) is 3.97. The van der Waals surface area contributed by atoms with E-state index in [4.69, 9.17) is 28.5 Å². The van der Waals surface area contributed by atoms with Crippen molar-refractivity contribution >= 4 is 23.2 Å². The Labute approximate surface area is 106 Å². The van der Waals surface area contributed by atoms with Crippen LogP contribution in [0.3, 0.4) is 0 Å². The molecular weight excluding hydrogens is 243 g/mol. The fraction of sp³-hybridized carbons (Fsp3) is 0.417. The van der Waals surface area contributed by atoms with Gasteiger partial charge in [-0.1, -0.05) is 29.3 Å². The van der Waals surface area contributed by atoms with E-state index in [1.54, 1.807) is 12.1 Å². The van der Waals surface area contributed by atoms with Gasteiger partial charge >= 0.3 is 0 Å². The van der Waals surface area contributed by atoms with E-state index in [0.717, 1.165) is 18.5 Å². The molecule has 0 saturated carbocycles. The molecule has 0 aliphatic heterocycles. The predicted molar refractivity (Wildman–Crippen MR) is 68.0 cm³/mol. The Morgan fingerprint density at radius 1 is 1.38 bits per heavy atom. The average molecular weight is 257 g/mol. The molecule has 86 valence electrons. The van der Waals surface area contributed by atoms with Crippen LogP contribution in [0.25, 0.3) is 0 Å². The molecule has 0 N–H and O–H groups in total. The molecule has 0 radical (unpaired) electrons. The average Bonchev–Trinajstić information content (AvgIpc) is 2.21. The molecule has 0 fully saturated rings. The van der Waals surface area contributed by atoms with E-state index < -0.39 is 0 Å². The topological polar surface area (TPSA) is 27.0 Å². The summed E-state index contributed by atoms with van der Waals surface area (Å²) in [6, 6.07) is 7.55. The molecule has 16 heavy (non-hydrogen) atoms. The van der Waals surface area contributed by atoms with Crippen LogP contribution in [-0.2, 0) is 0 Å². The second kappa shape index (κ2) is 6.10. The van der Waals surface area contributed by atoms with Gasteiger partial charge in [-0.05, 0) is 44.8 Å². The molecule has 0 aromatic heterocycles. The molecule has 0 saturated heterocycles. The Morgan fingerprint density at radius 3 is 2.56 bits per heavy atom. The van der Waals surface area contributed by atoms with Crippen molar-refractivity contribution in [2.75, 3.05) is 20.6 Å². The minimum Gasteiger partial charge on any atom is -0.309 e. The van der Waals surface area contributed by atoms with E-state index in [-0.39, 0.29) is 5.92 Å². The molecule has 1 rings (SSSR count).